The number of sulfonamides is 1. The molecule has 32 heavy (non-hydrogen) atoms. The third-order valence-electron chi connectivity index (χ3n) is 6.33. The maximum Gasteiger partial charge on any atom is 0.248 e. The van der Waals surface area contributed by atoms with E-state index in [1.54, 1.807) is 24.3 Å². The number of carbonyl (C=O) groups is 1. The van der Waals surface area contributed by atoms with Crippen molar-refractivity contribution in [3.63, 3.8) is 0 Å². The molecular formula is C23H31N3O4S2. The lowest BCUT2D eigenvalue weighted by molar-refractivity contribution is -0.126. The fraction of sp³-hybridized carbons (Fsp3) is 0.565. The van der Waals surface area contributed by atoms with Gasteiger partial charge in [-0.05, 0) is 56.2 Å². The molecule has 0 aromatic carbocycles. The molecule has 1 N–H and O–H groups in total. The number of aryl methyl sites for hydroxylation is 1. The Kier molecular flexibility index (Phi) is 7.48. The molecule has 1 saturated heterocycles. The molecule has 0 bridgehead atoms. The Morgan fingerprint density at radius 3 is 2.69 bits per heavy atom. The minimum atomic E-state index is -3.83. The van der Waals surface area contributed by atoms with Gasteiger partial charge < -0.3 is 9.84 Å². The van der Waals surface area contributed by atoms with Gasteiger partial charge in [0.1, 0.15) is 5.69 Å². The van der Waals surface area contributed by atoms with E-state index in [0.29, 0.717) is 25.1 Å². The Morgan fingerprint density at radius 2 is 1.97 bits per heavy atom. The molecule has 2 aromatic rings. The van der Waals surface area contributed by atoms with Crippen molar-refractivity contribution < 1.29 is 17.7 Å². The van der Waals surface area contributed by atoms with E-state index < -0.39 is 10.0 Å². The predicted octanol–water partition coefficient (Wildman–Crippen LogP) is 4.45. The topological polar surface area (TPSA) is 92.5 Å². The lowest BCUT2D eigenvalue weighted by atomic mass is 9.97. The molecule has 0 radical (unpaired) electrons. The summed E-state index contributed by atoms with van der Waals surface area (Å²) in [5, 5.41) is 9.06. The fourth-order valence-electron chi connectivity index (χ4n) is 4.59. The molecule has 7 nitrogen and oxygen atoms in total. The second-order valence-electron chi connectivity index (χ2n) is 8.71. The molecular weight excluding hydrogens is 446 g/mol. The van der Waals surface area contributed by atoms with Crippen molar-refractivity contribution in [3.05, 3.63) is 33.8 Å². The van der Waals surface area contributed by atoms with Gasteiger partial charge in [-0.2, -0.15) is 4.31 Å². The molecule has 3 heterocycles. The van der Waals surface area contributed by atoms with Gasteiger partial charge in [0.2, 0.25) is 15.9 Å². The van der Waals surface area contributed by atoms with Crippen LogP contribution in [0, 0.1) is 12.8 Å². The Morgan fingerprint density at radius 1 is 1.19 bits per heavy atom. The van der Waals surface area contributed by atoms with Crippen molar-refractivity contribution in [2.45, 2.75) is 69.2 Å². The summed E-state index contributed by atoms with van der Waals surface area (Å²) in [7, 11) is -3.83. The van der Waals surface area contributed by atoms with E-state index in [1.807, 2.05) is 23.6 Å². The number of aromatic nitrogens is 1. The van der Waals surface area contributed by atoms with Crippen LogP contribution in [0.2, 0.25) is 0 Å². The zero-order chi connectivity index (χ0) is 22.6. The van der Waals surface area contributed by atoms with Crippen LogP contribution in [0.3, 0.4) is 0 Å². The van der Waals surface area contributed by atoms with Crippen molar-refractivity contribution in [2.75, 3.05) is 13.1 Å². The molecule has 2 aromatic heterocycles. The average molecular weight is 478 g/mol. The monoisotopic (exact) mass is 477 g/mol. The molecule has 0 unspecified atom stereocenters. The van der Waals surface area contributed by atoms with E-state index in [-0.39, 0.29) is 35.1 Å². The summed E-state index contributed by atoms with van der Waals surface area (Å²) in [5.74, 6) is -0.121. The van der Waals surface area contributed by atoms with Gasteiger partial charge in [0.25, 0.3) is 0 Å². The lowest BCUT2D eigenvalue weighted by Crippen LogP contribution is -2.47. The van der Waals surface area contributed by atoms with Crippen LogP contribution in [-0.2, 0) is 14.8 Å². The highest BCUT2D eigenvalue weighted by Crippen LogP contribution is 2.30. The minimum Gasteiger partial charge on any atom is -0.355 e. The van der Waals surface area contributed by atoms with E-state index in [0.717, 1.165) is 30.6 Å². The number of amides is 1. The van der Waals surface area contributed by atoms with Crippen molar-refractivity contribution in [3.8, 4) is 0 Å². The third-order valence-corrected chi connectivity index (χ3v) is 9.19. The summed E-state index contributed by atoms with van der Waals surface area (Å²) in [6.45, 7) is 2.23. The van der Waals surface area contributed by atoms with E-state index >= 15 is 0 Å². The largest absolute Gasteiger partial charge is 0.355 e. The normalized spacial score (nSPS) is 21.6. The Labute approximate surface area is 193 Å². The highest BCUT2D eigenvalue weighted by atomic mass is 32.2. The highest BCUT2D eigenvalue weighted by molar-refractivity contribution is 7.89. The molecule has 2 aliphatic rings. The molecule has 2 fully saturated rings. The molecule has 1 amide bonds. The van der Waals surface area contributed by atoms with Crippen LogP contribution in [0.5, 0.6) is 0 Å². The van der Waals surface area contributed by atoms with Crippen LogP contribution < -0.4 is 5.32 Å². The number of hydrogen-bond acceptors (Lipinski definition) is 6. The number of carbonyl (C=O) groups excluding carboxylic acids is 1. The number of nitrogens with zero attached hydrogens (tertiary/aromatic N) is 2. The second-order valence-corrected chi connectivity index (χ2v) is 11.6. The molecule has 4 rings (SSSR count). The van der Waals surface area contributed by atoms with Crippen molar-refractivity contribution >= 4 is 39.4 Å². The van der Waals surface area contributed by atoms with Crippen molar-refractivity contribution in [1.82, 2.24) is 14.8 Å². The number of rotatable bonds is 6. The van der Waals surface area contributed by atoms with E-state index in [4.69, 9.17) is 4.52 Å². The predicted molar refractivity (Wildman–Crippen MR) is 126 cm³/mol. The minimum absolute atomic E-state index is 0.0170. The smallest absolute Gasteiger partial charge is 0.248 e. The highest BCUT2D eigenvalue weighted by Gasteiger charge is 2.37. The van der Waals surface area contributed by atoms with Gasteiger partial charge in [-0.1, -0.05) is 36.9 Å². The first-order valence-corrected chi connectivity index (χ1v) is 13.8. The molecule has 1 saturated carbocycles. The molecule has 1 aliphatic carbocycles. The first kappa shape index (κ1) is 23.2. The van der Waals surface area contributed by atoms with Gasteiger partial charge in [0.05, 0.1) is 5.92 Å². The summed E-state index contributed by atoms with van der Waals surface area (Å²) in [6.07, 6.45) is 11.6. The molecule has 9 heteroatoms. The van der Waals surface area contributed by atoms with Gasteiger partial charge in [-0.3, -0.25) is 4.79 Å². The maximum atomic E-state index is 13.5. The molecule has 174 valence electrons. The zero-order valence-corrected chi connectivity index (χ0v) is 20.1. The van der Waals surface area contributed by atoms with Gasteiger partial charge in [0, 0.05) is 24.0 Å². The summed E-state index contributed by atoms with van der Waals surface area (Å²) in [5.41, 5.74) is 0.334. The van der Waals surface area contributed by atoms with Crippen LogP contribution in [0.25, 0.3) is 12.2 Å². The van der Waals surface area contributed by atoms with E-state index in [2.05, 4.69) is 10.5 Å². The first-order valence-electron chi connectivity index (χ1n) is 11.4. The molecule has 0 spiro atoms. The second kappa shape index (κ2) is 10.3. The van der Waals surface area contributed by atoms with Crippen LogP contribution in [0.15, 0.2) is 26.9 Å². The van der Waals surface area contributed by atoms with Gasteiger partial charge in [-0.25, -0.2) is 8.42 Å². The standard InChI is InChI=1S/C23H31N3O4S2/c1-17-22(21(30-25-17)13-12-20-11-7-15-31-20)32(28,29)26-14-6-8-18(16-26)23(27)24-19-9-4-2-3-5-10-19/h7,11-13,15,18-19H,2-6,8-10,14,16H2,1H3,(H,24,27)/b13-12+/t18-/m0/s1. The quantitative estimate of drug-likeness (QED) is 0.621. The number of thiophene rings is 1. The van der Waals surface area contributed by atoms with Gasteiger partial charge in [0.15, 0.2) is 10.7 Å². The summed E-state index contributed by atoms with van der Waals surface area (Å²) in [4.78, 5) is 14.0. The Balaban J connectivity index is 1.48. The van der Waals surface area contributed by atoms with Crippen LogP contribution in [0.4, 0.5) is 0 Å². The van der Waals surface area contributed by atoms with E-state index in [1.165, 1.54) is 17.1 Å². The SMILES string of the molecule is Cc1noc(/C=C/c2cccs2)c1S(=O)(=O)N1CCC[C@H](C(=O)NC2CCCCCC2)C1. The van der Waals surface area contributed by atoms with Crippen molar-refractivity contribution in [1.29, 1.82) is 0 Å². The molecule has 1 atom stereocenters. The molecule has 1 aliphatic heterocycles. The van der Waals surface area contributed by atoms with Crippen molar-refractivity contribution in [2.24, 2.45) is 5.92 Å². The summed E-state index contributed by atoms with van der Waals surface area (Å²) < 4.78 is 33.8. The summed E-state index contributed by atoms with van der Waals surface area (Å²) >= 11 is 1.56. The van der Waals surface area contributed by atoms with Gasteiger partial charge in [-0.15, -0.1) is 11.3 Å². The number of piperidine rings is 1. The van der Waals surface area contributed by atoms with Crippen LogP contribution >= 0.6 is 11.3 Å². The third kappa shape index (κ3) is 5.32. The Hall–Kier alpha value is -1.97. The van der Waals surface area contributed by atoms with Crippen LogP contribution in [-0.4, -0.2) is 42.9 Å². The van der Waals surface area contributed by atoms with Gasteiger partial charge >= 0.3 is 0 Å². The van der Waals surface area contributed by atoms with Crippen LogP contribution in [0.1, 0.15) is 67.7 Å². The fourth-order valence-corrected chi connectivity index (χ4v) is 6.98. The van der Waals surface area contributed by atoms with E-state index in [9.17, 15) is 13.2 Å². The average Bonchev–Trinajstić information content (AvgIpc) is 3.36. The zero-order valence-electron chi connectivity index (χ0n) is 18.5. The number of hydrogen-bond donors (Lipinski definition) is 1. The number of nitrogens with one attached hydrogen (secondary N) is 1. The summed E-state index contributed by atoms with van der Waals surface area (Å²) in [6, 6.07) is 4.09. The lowest BCUT2D eigenvalue weighted by Gasteiger charge is -2.32. The first-order chi connectivity index (χ1) is 15.4. The Bertz CT molecular complexity index is 1040. The maximum absolute atomic E-state index is 13.5.